The summed E-state index contributed by atoms with van der Waals surface area (Å²) in [5.74, 6) is 0. The molecule has 72 valence electrons. The van der Waals surface area contributed by atoms with Crippen LogP contribution in [0.25, 0.3) is 0 Å². The molecule has 1 fully saturated rings. The normalized spacial score (nSPS) is 28.3. The average molecular weight is 214 g/mol. The first-order valence-electron chi connectivity index (χ1n) is 3.81. The van der Waals surface area contributed by atoms with E-state index >= 15 is 0 Å². The van der Waals surface area contributed by atoms with Crippen molar-refractivity contribution in [2.45, 2.75) is 19.4 Å². The van der Waals surface area contributed by atoms with E-state index < -0.39 is 9.24 Å². The second-order valence-electron chi connectivity index (χ2n) is 2.80. The van der Waals surface area contributed by atoms with Gasteiger partial charge >= 0.3 is 0 Å². The van der Waals surface area contributed by atoms with Gasteiger partial charge in [0, 0.05) is 29.9 Å². The molecule has 1 aliphatic rings. The molecule has 0 saturated carbocycles. The minimum absolute atomic E-state index is 0.0602. The van der Waals surface area contributed by atoms with E-state index in [0.717, 1.165) is 0 Å². The monoisotopic (exact) mass is 213 g/mol. The van der Waals surface area contributed by atoms with Gasteiger partial charge in [0.2, 0.25) is 0 Å². The molecule has 0 spiro atoms. The summed E-state index contributed by atoms with van der Waals surface area (Å²) in [5.41, 5.74) is 0. The van der Waals surface area contributed by atoms with Crippen LogP contribution in [0.5, 0.6) is 0 Å². The van der Waals surface area contributed by atoms with Crippen molar-refractivity contribution in [1.29, 1.82) is 0 Å². The first kappa shape index (κ1) is 10.2. The third kappa shape index (κ3) is 2.58. The van der Waals surface area contributed by atoms with Gasteiger partial charge in [0.15, 0.2) is 0 Å². The summed E-state index contributed by atoms with van der Waals surface area (Å²) in [6.45, 7) is 3.21. The molecule has 1 atom stereocenters. The zero-order chi connectivity index (χ0) is 9.19. The highest BCUT2D eigenvalue weighted by Crippen LogP contribution is 2.15. The fraction of sp³-hybridized carbons (Fsp3) is 1.00. The van der Waals surface area contributed by atoms with Gasteiger partial charge in [0.25, 0.3) is 9.24 Å². The summed E-state index contributed by atoms with van der Waals surface area (Å²) >= 11 is 0. The fourth-order valence-corrected chi connectivity index (χ4v) is 2.64. The van der Waals surface area contributed by atoms with Crippen molar-refractivity contribution in [3.8, 4) is 0 Å². The second-order valence-corrected chi connectivity index (χ2v) is 5.27. The molecule has 0 aromatic carbocycles. The zero-order valence-corrected chi connectivity index (χ0v) is 8.44. The zero-order valence-electron chi connectivity index (χ0n) is 6.86. The third-order valence-electron chi connectivity index (χ3n) is 1.91. The summed E-state index contributed by atoms with van der Waals surface area (Å²) in [6.07, 6.45) is 0.700. The molecule has 0 aromatic heterocycles. The summed E-state index contributed by atoms with van der Waals surface area (Å²) in [4.78, 5) is 0. The Labute approximate surface area is 77.0 Å². The Morgan fingerprint density at radius 3 is 2.75 bits per heavy atom. The van der Waals surface area contributed by atoms with Crippen LogP contribution in [-0.2, 0) is 14.0 Å². The molecule has 0 radical (unpaired) electrons. The van der Waals surface area contributed by atoms with Gasteiger partial charge in [-0.1, -0.05) is 0 Å². The molecular weight excluding hydrogens is 202 g/mol. The maximum Gasteiger partial charge on any atom is 0.300 e. The maximum atomic E-state index is 11.0. The predicted octanol–water partition coefficient (Wildman–Crippen LogP) is 0.581. The lowest BCUT2D eigenvalue weighted by molar-refractivity contribution is 0.148. The number of rotatable bonds is 1. The lowest BCUT2D eigenvalue weighted by atomic mass is 10.2. The van der Waals surface area contributed by atoms with Crippen LogP contribution in [0.3, 0.4) is 0 Å². The Bertz CT molecular complexity index is 241. The van der Waals surface area contributed by atoms with Crippen LogP contribution in [0, 0.1) is 0 Å². The van der Waals surface area contributed by atoms with Crippen LogP contribution in [0.4, 0.5) is 0 Å². The van der Waals surface area contributed by atoms with Crippen LogP contribution in [0.15, 0.2) is 0 Å². The van der Waals surface area contributed by atoms with E-state index in [1.54, 1.807) is 0 Å². The average Bonchev–Trinajstić information content (AvgIpc) is 2.11. The molecule has 0 N–H and O–H groups in total. The van der Waals surface area contributed by atoms with Gasteiger partial charge in [-0.25, -0.2) is 0 Å². The van der Waals surface area contributed by atoms with Gasteiger partial charge in [0.05, 0.1) is 6.61 Å². The minimum atomic E-state index is -3.57. The Hall–Kier alpha value is 0.160. The predicted molar refractivity (Wildman–Crippen MR) is 46.4 cm³/mol. The lowest BCUT2D eigenvalue weighted by Gasteiger charge is -2.21. The van der Waals surface area contributed by atoms with Crippen molar-refractivity contribution >= 4 is 19.9 Å². The standard InChI is InChI=1S/C6H12ClNO3S/c1-6-2-4-11-5-3-8(6)12(7,9)10/h6H,2-5H2,1H3. The molecule has 12 heavy (non-hydrogen) atoms. The summed E-state index contributed by atoms with van der Waals surface area (Å²) < 4.78 is 28.4. The first-order chi connectivity index (χ1) is 5.52. The fourth-order valence-electron chi connectivity index (χ4n) is 1.20. The van der Waals surface area contributed by atoms with Gasteiger partial charge in [0.1, 0.15) is 0 Å². The van der Waals surface area contributed by atoms with Crippen LogP contribution in [-0.4, -0.2) is 38.5 Å². The SMILES string of the molecule is CC1CCOCCN1S(=O)(=O)Cl. The van der Waals surface area contributed by atoms with E-state index in [-0.39, 0.29) is 6.04 Å². The number of halogens is 1. The summed E-state index contributed by atoms with van der Waals surface area (Å²) in [6, 6.07) is -0.0602. The molecule has 1 aliphatic heterocycles. The van der Waals surface area contributed by atoms with Crippen LogP contribution >= 0.6 is 10.7 Å². The quantitative estimate of drug-likeness (QED) is 0.599. The highest BCUT2D eigenvalue weighted by molar-refractivity contribution is 8.11. The molecule has 1 heterocycles. The Kier molecular flexibility index (Phi) is 3.34. The van der Waals surface area contributed by atoms with Crippen LogP contribution < -0.4 is 0 Å². The topological polar surface area (TPSA) is 46.6 Å². The summed E-state index contributed by atoms with van der Waals surface area (Å²) in [5, 5.41) is 0. The number of hydrogen-bond acceptors (Lipinski definition) is 3. The first-order valence-corrected chi connectivity index (χ1v) is 6.07. The molecule has 4 nitrogen and oxygen atoms in total. The van der Waals surface area contributed by atoms with E-state index in [0.29, 0.717) is 26.2 Å². The highest BCUT2D eigenvalue weighted by atomic mass is 35.7. The van der Waals surface area contributed by atoms with Gasteiger partial charge in [-0.3, -0.25) is 0 Å². The van der Waals surface area contributed by atoms with Gasteiger partial charge in [-0.15, -0.1) is 0 Å². The summed E-state index contributed by atoms with van der Waals surface area (Å²) in [7, 11) is 1.65. The molecule has 0 aromatic rings. The van der Waals surface area contributed by atoms with E-state index in [9.17, 15) is 8.42 Å². The van der Waals surface area contributed by atoms with E-state index in [4.69, 9.17) is 15.4 Å². The van der Waals surface area contributed by atoms with Crippen molar-refractivity contribution in [1.82, 2.24) is 4.31 Å². The molecule has 1 rings (SSSR count). The number of hydrogen-bond donors (Lipinski definition) is 0. The molecule has 0 amide bonds. The molecule has 1 unspecified atom stereocenters. The second kappa shape index (κ2) is 3.91. The number of nitrogens with zero attached hydrogens (tertiary/aromatic N) is 1. The van der Waals surface area contributed by atoms with Crippen molar-refractivity contribution in [3.63, 3.8) is 0 Å². The smallest absolute Gasteiger partial charge is 0.300 e. The molecule has 6 heteroatoms. The molecular formula is C6H12ClNO3S. The van der Waals surface area contributed by atoms with E-state index in [1.807, 2.05) is 6.92 Å². The van der Waals surface area contributed by atoms with Crippen molar-refractivity contribution in [2.75, 3.05) is 19.8 Å². The van der Waals surface area contributed by atoms with Gasteiger partial charge < -0.3 is 4.74 Å². The van der Waals surface area contributed by atoms with Crippen molar-refractivity contribution < 1.29 is 13.2 Å². The van der Waals surface area contributed by atoms with E-state index in [2.05, 4.69) is 0 Å². The van der Waals surface area contributed by atoms with Crippen molar-refractivity contribution in [3.05, 3.63) is 0 Å². The van der Waals surface area contributed by atoms with Crippen molar-refractivity contribution in [2.24, 2.45) is 0 Å². The Balaban J connectivity index is 2.72. The molecule has 0 bridgehead atoms. The van der Waals surface area contributed by atoms with Gasteiger partial charge in [-0.2, -0.15) is 12.7 Å². The van der Waals surface area contributed by atoms with E-state index in [1.165, 1.54) is 4.31 Å². The van der Waals surface area contributed by atoms with Gasteiger partial charge in [-0.05, 0) is 13.3 Å². The Morgan fingerprint density at radius 2 is 2.17 bits per heavy atom. The largest absolute Gasteiger partial charge is 0.380 e. The molecule has 0 aliphatic carbocycles. The molecule has 1 saturated heterocycles. The lowest BCUT2D eigenvalue weighted by Crippen LogP contribution is -2.36. The van der Waals surface area contributed by atoms with Crippen LogP contribution in [0.2, 0.25) is 0 Å². The highest BCUT2D eigenvalue weighted by Gasteiger charge is 2.26. The Morgan fingerprint density at radius 1 is 1.50 bits per heavy atom. The number of ether oxygens (including phenoxy) is 1. The minimum Gasteiger partial charge on any atom is -0.380 e. The maximum absolute atomic E-state index is 11.0. The van der Waals surface area contributed by atoms with Crippen LogP contribution in [0.1, 0.15) is 13.3 Å². The third-order valence-corrected chi connectivity index (χ3v) is 3.54.